The van der Waals surface area contributed by atoms with E-state index in [0.717, 1.165) is 62.1 Å². The molecule has 2 aliphatic rings. The first-order valence-corrected chi connectivity index (χ1v) is 12.2. The van der Waals surface area contributed by atoms with Crippen LogP contribution in [0.5, 0.6) is 5.75 Å². The van der Waals surface area contributed by atoms with E-state index in [1.54, 1.807) is 18.9 Å². The highest BCUT2D eigenvalue weighted by atomic mass is 32.2. The molecule has 0 unspecified atom stereocenters. The minimum Gasteiger partial charge on any atom is -0.497 e. The van der Waals surface area contributed by atoms with Crippen molar-refractivity contribution in [1.29, 1.82) is 0 Å². The van der Waals surface area contributed by atoms with E-state index in [1.165, 1.54) is 11.8 Å². The first-order valence-electron chi connectivity index (χ1n) is 10.6. The number of amides is 1. The van der Waals surface area contributed by atoms with Crippen molar-refractivity contribution in [1.82, 2.24) is 4.90 Å². The topological polar surface area (TPSA) is 45.1 Å². The summed E-state index contributed by atoms with van der Waals surface area (Å²) in [5.74, 6) is 0.867. The summed E-state index contributed by atoms with van der Waals surface area (Å²) in [5.41, 5.74) is 3.12. The zero-order valence-electron chi connectivity index (χ0n) is 18.3. The van der Waals surface area contributed by atoms with Gasteiger partial charge in [-0.05, 0) is 61.9 Å². The Hall–Kier alpha value is -2.38. The molecule has 0 aromatic heterocycles. The summed E-state index contributed by atoms with van der Waals surface area (Å²) in [6.07, 6.45) is 1.98. The number of benzene rings is 2. The molecule has 0 atom stereocenters. The normalized spacial score (nSPS) is 19.5. The Labute approximate surface area is 192 Å². The third-order valence-electron chi connectivity index (χ3n) is 5.24. The number of anilines is 1. The third kappa shape index (κ3) is 4.34. The fourth-order valence-corrected chi connectivity index (χ4v) is 6.01. The number of hydrogen-bond acceptors (Lipinski definition) is 6. The molecular weight excluding hydrogens is 426 g/mol. The molecule has 1 fully saturated rings. The predicted octanol–water partition coefficient (Wildman–Crippen LogP) is 6.17. The van der Waals surface area contributed by atoms with Gasteiger partial charge in [0.2, 0.25) is 0 Å². The van der Waals surface area contributed by atoms with Crippen LogP contribution in [0.3, 0.4) is 0 Å². The maximum atomic E-state index is 13.5. The summed E-state index contributed by atoms with van der Waals surface area (Å²) < 4.78 is 5.42. The molecule has 0 bridgehead atoms. The van der Waals surface area contributed by atoms with E-state index in [1.807, 2.05) is 35.2 Å². The number of methoxy groups -OCH3 is 1. The molecule has 1 saturated heterocycles. The van der Waals surface area contributed by atoms with Gasteiger partial charge >= 0.3 is 0 Å². The van der Waals surface area contributed by atoms with Gasteiger partial charge in [-0.25, -0.2) is 4.99 Å². The van der Waals surface area contributed by atoms with Crippen molar-refractivity contribution in [3.05, 3.63) is 58.0 Å². The summed E-state index contributed by atoms with van der Waals surface area (Å²) in [5, 5.41) is 1.74. The monoisotopic (exact) mass is 453 g/mol. The molecule has 31 heavy (non-hydrogen) atoms. The molecule has 7 heteroatoms. The van der Waals surface area contributed by atoms with E-state index in [0.29, 0.717) is 6.54 Å². The average Bonchev–Trinajstić information content (AvgIpc) is 3.28. The zero-order valence-corrected chi connectivity index (χ0v) is 20.0. The molecule has 0 N–H and O–H groups in total. The van der Waals surface area contributed by atoms with Gasteiger partial charge in [0.05, 0.1) is 18.5 Å². The molecule has 0 radical (unpaired) electrons. The smallest absolute Gasteiger partial charge is 0.269 e. The summed E-state index contributed by atoms with van der Waals surface area (Å²) >= 11 is 3.14. The highest BCUT2D eigenvalue weighted by Crippen LogP contribution is 2.51. The molecule has 0 aliphatic carbocycles. The highest BCUT2D eigenvalue weighted by molar-refractivity contribution is 8.19. The predicted molar refractivity (Wildman–Crippen MR) is 131 cm³/mol. The van der Waals surface area contributed by atoms with Crippen LogP contribution in [0.1, 0.15) is 32.3 Å². The van der Waals surface area contributed by atoms with Gasteiger partial charge in [-0.3, -0.25) is 9.69 Å². The number of aliphatic imine (C=N–C) groups is 1. The fraction of sp³-hybridized carbons (Fsp3) is 0.333. The van der Waals surface area contributed by atoms with E-state index < -0.39 is 0 Å². The molecule has 5 nitrogen and oxygen atoms in total. The van der Waals surface area contributed by atoms with Crippen molar-refractivity contribution in [2.24, 2.45) is 4.99 Å². The molecule has 162 valence electrons. The van der Waals surface area contributed by atoms with Crippen molar-refractivity contribution in [3.8, 4) is 5.75 Å². The lowest BCUT2D eigenvalue weighted by atomic mass is 10.2. The number of amidine groups is 1. The van der Waals surface area contributed by atoms with Crippen LogP contribution in [-0.2, 0) is 4.79 Å². The minimum absolute atomic E-state index is 0.0468. The van der Waals surface area contributed by atoms with Crippen LogP contribution in [-0.4, -0.2) is 36.2 Å². The Bertz CT molecular complexity index is 1060. The number of rotatable bonds is 6. The number of nitrogens with zero attached hydrogens (tertiary/aromatic N) is 3. The maximum absolute atomic E-state index is 13.5. The number of hydrogen-bond donors (Lipinski definition) is 0. The molecule has 2 heterocycles. The summed E-state index contributed by atoms with van der Waals surface area (Å²) in [6, 6.07) is 14.2. The van der Waals surface area contributed by atoms with Crippen LogP contribution < -0.4 is 9.64 Å². The standard InChI is InChI=1S/C24H27N3O2S2/c1-5-7-13-27-22(28)21(31-24(27)25-17-10-8-9-16(3)14-17)23-26(6-2)19-15-18(29-4)11-12-20(19)30-23/h8-12,14-15H,5-7,13H2,1-4H3. The van der Waals surface area contributed by atoms with E-state index >= 15 is 0 Å². The van der Waals surface area contributed by atoms with Crippen LogP contribution in [0.2, 0.25) is 0 Å². The number of ether oxygens (including phenoxy) is 1. The van der Waals surface area contributed by atoms with Crippen molar-refractivity contribution >= 4 is 46.0 Å². The fourth-order valence-electron chi connectivity index (χ4n) is 3.61. The number of thioether (sulfide) groups is 2. The van der Waals surface area contributed by atoms with Gasteiger partial charge in [-0.15, -0.1) is 0 Å². The third-order valence-corrected chi connectivity index (χ3v) is 7.62. The maximum Gasteiger partial charge on any atom is 0.269 e. The Balaban J connectivity index is 1.74. The lowest BCUT2D eigenvalue weighted by Crippen LogP contribution is -2.30. The number of unbranched alkanes of at least 4 members (excludes halogenated alkanes) is 1. The molecule has 2 aromatic carbocycles. The lowest BCUT2D eigenvalue weighted by Gasteiger charge is -2.19. The van der Waals surface area contributed by atoms with Gasteiger partial charge in [-0.2, -0.15) is 0 Å². The van der Waals surface area contributed by atoms with Gasteiger partial charge < -0.3 is 9.64 Å². The number of carbonyl (C=O) groups excluding carboxylic acids is 1. The first kappa shape index (κ1) is 21.8. The van der Waals surface area contributed by atoms with E-state index in [4.69, 9.17) is 9.73 Å². The summed E-state index contributed by atoms with van der Waals surface area (Å²) in [6.45, 7) is 7.76. The zero-order chi connectivity index (χ0) is 22.0. The molecule has 4 rings (SSSR count). The first-order chi connectivity index (χ1) is 15.0. The van der Waals surface area contributed by atoms with Crippen molar-refractivity contribution in [2.75, 3.05) is 25.1 Å². The minimum atomic E-state index is 0.0468. The van der Waals surface area contributed by atoms with Crippen molar-refractivity contribution < 1.29 is 9.53 Å². The Morgan fingerprint density at radius 3 is 2.61 bits per heavy atom. The molecular formula is C24H27N3O2S2. The Morgan fingerprint density at radius 2 is 1.90 bits per heavy atom. The van der Waals surface area contributed by atoms with Gasteiger partial charge in [0.15, 0.2) is 5.17 Å². The van der Waals surface area contributed by atoms with E-state index in [9.17, 15) is 4.79 Å². The quantitative estimate of drug-likeness (QED) is 0.490. The van der Waals surface area contributed by atoms with Gasteiger partial charge in [0, 0.05) is 24.1 Å². The van der Waals surface area contributed by atoms with Crippen LogP contribution in [0.4, 0.5) is 11.4 Å². The largest absolute Gasteiger partial charge is 0.497 e. The number of fused-ring (bicyclic) bond motifs is 1. The van der Waals surface area contributed by atoms with Crippen molar-refractivity contribution in [2.45, 2.75) is 38.5 Å². The molecule has 0 spiro atoms. The lowest BCUT2D eigenvalue weighted by molar-refractivity contribution is -0.122. The molecule has 1 amide bonds. The molecule has 0 saturated carbocycles. The summed E-state index contributed by atoms with van der Waals surface area (Å²) in [7, 11) is 1.68. The summed E-state index contributed by atoms with van der Waals surface area (Å²) in [4.78, 5) is 24.3. The average molecular weight is 454 g/mol. The second-order valence-electron chi connectivity index (χ2n) is 7.46. The number of carbonyl (C=O) groups is 1. The van der Waals surface area contributed by atoms with E-state index in [-0.39, 0.29) is 5.91 Å². The molecule has 2 aliphatic heterocycles. The van der Waals surface area contributed by atoms with Gasteiger partial charge in [0.1, 0.15) is 15.7 Å². The molecule has 2 aromatic rings. The Kier molecular flexibility index (Phi) is 6.62. The van der Waals surface area contributed by atoms with Crippen LogP contribution in [0, 0.1) is 6.92 Å². The Morgan fingerprint density at radius 1 is 1.06 bits per heavy atom. The van der Waals surface area contributed by atoms with Crippen LogP contribution in [0.15, 0.2) is 62.3 Å². The SMILES string of the molecule is CCCCN1C(=O)C(=C2Sc3ccc(OC)cc3N2CC)SC1=Nc1cccc(C)c1. The second-order valence-corrected chi connectivity index (χ2v) is 9.47. The van der Waals surface area contributed by atoms with Crippen LogP contribution in [0.25, 0.3) is 0 Å². The van der Waals surface area contributed by atoms with Crippen LogP contribution >= 0.6 is 23.5 Å². The van der Waals surface area contributed by atoms with Crippen molar-refractivity contribution in [3.63, 3.8) is 0 Å². The van der Waals surface area contributed by atoms with Gasteiger partial charge in [-0.1, -0.05) is 37.2 Å². The highest BCUT2D eigenvalue weighted by Gasteiger charge is 2.39. The van der Waals surface area contributed by atoms with Gasteiger partial charge in [0.25, 0.3) is 5.91 Å². The number of aryl methyl sites for hydroxylation is 1. The van der Waals surface area contributed by atoms with E-state index in [2.05, 4.69) is 37.8 Å². The second kappa shape index (κ2) is 9.40.